The van der Waals surface area contributed by atoms with Crippen LogP contribution in [0.15, 0.2) is 0 Å². The van der Waals surface area contributed by atoms with Gasteiger partial charge in [-0.1, -0.05) is 52.9 Å². The first-order valence-electron chi connectivity index (χ1n) is 8.68. The molecule has 0 aliphatic heterocycles. The fourth-order valence-corrected chi connectivity index (χ4v) is 3.81. The summed E-state index contributed by atoms with van der Waals surface area (Å²) < 4.78 is 0. The van der Waals surface area contributed by atoms with E-state index in [0.717, 1.165) is 12.8 Å². The quantitative estimate of drug-likeness (QED) is 0.763. The highest BCUT2D eigenvalue weighted by atomic mass is 16.1. The lowest BCUT2D eigenvalue weighted by atomic mass is 9.63. The summed E-state index contributed by atoms with van der Waals surface area (Å²) in [6, 6.07) is 0. The molecular formula is C18H35NO. The molecule has 0 aromatic heterocycles. The molecule has 2 unspecified atom stereocenters. The lowest BCUT2D eigenvalue weighted by Gasteiger charge is -2.43. The first kappa shape index (κ1) is 17.7. The SMILES string of the molecule is CCC(C)(NC)C(=O)C(C)(CC)C1CCCCCCC1. The van der Waals surface area contributed by atoms with Crippen molar-refractivity contribution in [1.82, 2.24) is 5.32 Å². The van der Waals surface area contributed by atoms with Gasteiger partial charge < -0.3 is 5.32 Å². The molecule has 0 saturated heterocycles. The van der Waals surface area contributed by atoms with Crippen LogP contribution in [-0.4, -0.2) is 18.4 Å². The summed E-state index contributed by atoms with van der Waals surface area (Å²) in [7, 11) is 1.93. The Morgan fingerprint density at radius 1 is 1.00 bits per heavy atom. The molecule has 2 atom stereocenters. The lowest BCUT2D eigenvalue weighted by molar-refractivity contribution is -0.138. The maximum Gasteiger partial charge on any atom is 0.158 e. The van der Waals surface area contributed by atoms with Crippen molar-refractivity contribution in [3.05, 3.63) is 0 Å². The highest BCUT2D eigenvalue weighted by Crippen LogP contribution is 2.43. The van der Waals surface area contributed by atoms with Crippen LogP contribution in [-0.2, 0) is 4.79 Å². The minimum absolute atomic E-state index is 0.162. The number of Topliss-reactive ketones (excluding diaryl/α,β-unsaturated/α-hetero) is 1. The molecule has 1 rings (SSSR count). The number of hydrogen-bond donors (Lipinski definition) is 1. The second kappa shape index (κ2) is 7.59. The third-order valence-electron chi connectivity index (χ3n) is 6.02. The molecule has 1 aliphatic carbocycles. The number of carbonyl (C=O) groups excluding carboxylic acids is 1. The van der Waals surface area contributed by atoms with E-state index in [4.69, 9.17) is 0 Å². The Hall–Kier alpha value is -0.370. The van der Waals surface area contributed by atoms with E-state index >= 15 is 0 Å². The summed E-state index contributed by atoms with van der Waals surface area (Å²) >= 11 is 0. The molecular weight excluding hydrogens is 246 g/mol. The van der Waals surface area contributed by atoms with Crippen molar-refractivity contribution < 1.29 is 4.79 Å². The van der Waals surface area contributed by atoms with E-state index in [1.807, 2.05) is 7.05 Å². The fourth-order valence-electron chi connectivity index (χ4n) is 3.81. The molecule has 118 valence electrons. The number of nitrogens with one attached hydrogen (secondary N) is 1. The molecule has 2 heteroatoms. The Morgan fingerprint density at radius 3 is 1.90 bits per heavy atom. The van der Waals surface area contributed by atoms with E-state index in [0.29, 0.717) is 11.7 Å². The summed E-state index contributed by atoms with van der Waals surface area (Å²) in [5, 5.41) is 3.29. The number of hydrogen-bond acceptors (Lipinski definition) is 2. The third kappa shape index (κ3) is 3.63. The zero-order valence-electron chi connectivity index (χ0n) is 14.3. The van der Waals surface area contributed by atoms with Crippen LogP contribution in [0.5, 0.6) is 0 Å². The average Bonchev–Trinajstić information content (AvgIpc) is 2.44. The van der Waals surface area contributed by atoms with Gasteiger partial charge in [0.1, 0.15) is 0 Å². The Bertz CT molecular complexity index is 301. The molecule has 0 radical (unpaired) electrons. The van der Waals surface area contributed by atoms with Gasteiger partial charge in [0.15, 0.2) is 5.78 Å². The van der Waals surface area contributed by atoms with Crippen molar-refractivity contribution in [3.8, 4) is 0 Å². The molecule has 0 heterocycles. The van der Waals surface area contributed by atoms with Gasteiger partial charge in [-0.25, -0.2) is 0 Å². The van der Waals surface area contributed by atoms with Crippen LogP contribution in [0.4, 0.5) is 0 Å². The predicted octanol–water partition coefficient (Wildman–Crippen LogP) is 4.72. The van der Waals surface area contributed by atoms with Crippen molar-refractivity contribution in [2.75, 3.05) is 7.05 Å². The molecule has 0 aromatic carbocycles. The largest absolute Gasteiger partial charge is 0.308 e. The minimum Gasteiger partial charge on any atom is -0.308 e. The zero-order valence-corrected chi connectivity index (χ0v) is 14.3. The standard InChI is InChI=1S/C18H35NO/c1-6-17(3,16(20)18(4,7-2)19-5)15-13-11-9-8-10-12-14-15/h15,19H,6-14H2,1-5H3. The summed E-state index contributed by atoms with van der Waals surface area (Å²) in [6.07, 6.45) is 11.0. The van der Waals surface area contributed by atoms with Gasteiger partial charge in [-0.3, -0.25) is 4.79 Å². The second-order valence-corrected chi connectivity index (χ2v) is 7.08. The van der Waals surface area contributed by atoms with Crippen molar-refractivity contribution in [2.45, 2.75) is 91.0 Å². The predicted molar refractivity (Wildman–Crippen MR) is 87.0 cm³/mol. The molecule has 0 aromatic rings. The Labute approximate surface area is 126 Å². The normalized spacial score (nSPS) is 24.2. The molecule has 0 spiro atoms. The highest BCUT2D eigenvalue weighted by Gasteiger charge is 2.46. The zero-order chi connectivity index (χ0) is 15.2. The van der Waals surface area contributed by atoms with Crippen LogP contribution < -0.4 is 5.32 Å². The maximum absolute atomic E-state index is 13.2. The topological polar surface area (TPSA) is 29.1 Å². The van der Waals surface area contributed by atoms with Gasteiger partial charge >= 0.3 is 0 Å². The van der Waals surface area contributed by atoms with Gasteiger partial charge in [-0.2, -0.15) is 0 Å². The van der Waals surface area contributed by atoms with Crippen molar-refractivity contribution in [1.29, 1.82) is 0 Å². The van der Waals surface area contributed by atoms with Gasteiger partial charge in [-0.15, -0.1) is 0 Å². The van der Waals surface area contributed by atoms with Gasteiger partial charge in [-0.05, 0) is 45.6 Å². The van der Waals surface area contributed by atoms with Crippen molar-refractivity contribution in [3.63, 3.8) is 0 Å². The highest BCUT2D eigenvalue weighted by molar-refractivity contribution is 5.93. The van der Waals surface area contributed by atoms with Gasteiger partial charge in [0, 0.05) is 5.41 Å². The van der Waals surface area contributed by atoms with Crippen LogP contribution in [0.2, 0.25) is 0 Å². The van der Waals surface area contributed by atoms with Crippen molar-refractivity contribution >= 4 is 5.78 Å². The summed E-state index contributed by atoms with van der Waals surface area (Å²) in [4.78, 5) is 13.2. The summed E-state index contributed by atoms with van der Waals surface area (Å²) in [5.74, 6) is 1.00. The van der Waals surface area contributed by atoms with Gasteiger partial charge in [0.05, 0.1) is 5.54 Å². The first-order valence-corrected chi connectivity index (χ1v) is 8.68. The Morgan fingerprint density at radius 2 is 1.50 bits per heavy atom. The molecule has 0 bridgehead atoms. The summed E-state index contributed by atoms with van der Waals surface area (Å²) in [6.45, 7) is 8.62. The molecule has 0 amide bonds. The number of carbonyl (C=O) groups is 1. The number of rotatable bonds is 6. The monoisotopic (exact) mass is 281 g/mol. The van der Waals surface area contributed by atoms with E-state index < -0.39 is 0 Å². The molecule has 20 heavy (non-hydrogen) atoms. The van der Waals surface area contributed by atoms with E-state index in [1.165, 1.54) is 44.9 Å². The minimum atomic E-state index is -0.368. The first-order chi connectivity index (χ1) is 9.44. The average molecular weight is 281 g/mol. The Kier molecular flexibility index (Phi) is 6.71. The van der Waals surface area contributed by atoms with Gasteiger partial charge in [0.2, 0.25) is 0 Å². The van der Waals surface area contributed by atoms with E-state index in [1.54, 1.807) is 0 Å². The number of ketones is 1. The van der Waals surface area contributed by atoms with E-state index in [2.05, 4.69) is 33.0 Å². The summed E-state index contributed by atoms with van der Waals surface area (Å²) in [5.41, 5.74) is -0.530. The Balaban J connectivity index is 2.95. The van der Waals surface area contributed by atoms with Crippen LogP contribution in [0, 0.1) is 11.3 Å². The third-order valence-corrected chi connectivity index (χ3v) is 6.02. The fraction of sp³-hybridized carbons (Fsp3) is 0.944. The molecule has 1 N–H and O–H groups in total. The smallest absolute Gasteiger partial charge is 0.158 e. The molecule has 1 saturated carbocycles. The maximum atomic E-state index is 13.2. The van der Waals surface area contributed by atoms with Crippen LogP contribution in [0.1, 0.15) is 85.5 Å². The van der Waals surface area contributed by atoms with E-state index in [-0.39, 0.29) is 11.0 Å². The van der Waals surface area contributed by atoms with Crippen molar-refractivity contribution in [2.24, 2.45) is 11.3 Å². The van der Waals surface area contributed by atoms with Crippen LogP contribution in [0.25, 0.3) is 0 Å². The van der Waals surface area contributed by atoms with Crippen LogP contribution >= 0.6 is 0 Å². The lowest BCUT2D eigenvalue weighted by Crippen LogP contribution is -2.55. The number of likely N-dealkylation sites (N-methyl/N-ethyl adjacent to an activating group) is 1. The van der Waals surface area contributed by atoms with E-state index in [9.17, 15) is 4.79 Å². The molecule has 2 nitrogen and oxygen atoms in total. The second-order valence-electron chi connectivity index (χ2n) is 7.08. The van der Waals surface area contributed by atoms with Crippen LogP contribution in [0.3, 0.4) is 0 Å². The van der Waals surface area contributed by atoms with Gasteiger partial charge in [0.25, 0.3) is 0 Å². The molecule has 1 fully saturated rings. The molecule has 1 aliphatic rings.